The van der Waals surface area contributed by atoms with Crippen molar-refractivity contribution in [3.8, 4) is 11.1 Å². The molecule has 0 aromatic heterocycles. The third-order valence-corrected chi connectivity index (χ3v) is 4.40. The highest BCUT2D eigenvalue weighted by atomic mass is 16.6. The van der Waals surface area contributed by atoms with Crippen molar-refractivity contribution in [2.45, 2.75) is 26.5 Å². The Hall–Kier alpha value is -3.80. The van der Waals surface area contributed by atoms with Crippen LogP contribution in [-0.4, -0.2) is 18.1 Å². The number of alkyl carbamates (subject to hydrolysis) is 1. The van der Waals surface area contributed by atoms with Gasteiger partial charge in [-0.2, -0.15) is 0 Å². The Balaban J connectivity index is 1.65. The second-order valence-electron chi connectivity index (χ2n) is 7.13. The lowest BCUT2D eigenvalue weighted by Gasteiger charge is -2.12. The Labute approximate surface area is 176 Å². The van der Waals surface area contributed by atoms with Crippen molar-refractivity contribution < 1.29 is 14.3 Å². The average Bonchev–Trinajstić information content (AvgIpc) is 2.74. The molecule has 0 spiro atoms. The molecular weight excluding hydrogens is 378 g/mol. The third kappa shape index (κ3) is 5.61. The summed E-state index contributed by atoms with van der Waals surface area (Å²) in [7, 11) is 0. The molecule has 3 rings (SSSR count). The lowest BCUT2D eigenvalue weighted by Crippen LogP contribution is -2.26. The van der Waals surface area contributed by atoms with E-state index in [1.807, 2.05) is 42.5 Å². The number of amides is 2. The number of ether oxygens (including phenoxy) is 1. The Morgan fingerprint density at radius 2 is 1.63 bits per heavy atom. The number of benzene rings is 3. The number of anilines is 2. The summed E-state index contributed by atoms with van der Waals surface area (Å²) in [6.07, 6.45) is -0.649. The normalized spacial score (nSPS) is 10.5. The first kappa shape index (κ1) is 20.9. The minimum absolute atomic E-state index is 0.177. The lowest BCUT2D eigenvalue weighted by atomic mass is 10.0. The molecule has 6 heteroatoms. The molecule has 6 nitrogen and oxygen atoms in total. The van der Waals surface area contributed by atoms with Gasteiger partial charge in [0.15, 0.2) is 0 Å². The van der Waals surface area contributed by atoms with E-state index in [0.29, 0.717) is 23.5 Å². The fourth-order valence-corrected chi connectivity index (χ4v) is 2.87. The molecule has 0 fully saturated rings. The Kier molecular flexibility index (Phi) is 6.70. The highest BCUT2D eigenvalue weighted by Crippen LogP contribution is 2.27. The number of carbonyl (C=O) groups excluding carboxylic acids is 2. The summed E-state index contributed by atoms with van der Waals surface area (Å²) >= 11 is 0. The molecule has 0 bridgehead atoms. The topological polar surface area (TPSA) is 93.4 Å². The molecule has 0 atom stereocenters. The van der Waals surface area contributed by atoms with Crippen LogP contribution >= 0.6 is 0 Å². The van der Waals surface area contributed by atoms with Crippen molar-refractivity contribution in [2.75, 3.05) is 11.1 Å². The number of hydrogen-bond acceptors (Lipinski definition) is 4. The highest BCUT2D eigenvalue weighted by molar-refractivity contribution is 6.06. The molecule has 154 valence electrons. The van der Waals surface area contributed by atoms with Gasteiger partial charge in [0.1, 0.15) is 0 Å². The molecule has 2 amide bonds. The second kappa shape index (κ2) is 9.60. The number of rotatable bonds is 6. The number of carbonyl (C=O) groups is 2. The maximum Gasteiger partial charge on any atom is 0.407 e. The molecule has 0 unspecified atom stereocenters. The van der Waals surface area contributed by atoms with Crippen molar-refractivity contribution in [1.29, 1.82) is 0 Å². The second-order valence-corrected chi connectivity index (χ2v) is 7.13. The van der Waals surface area contributed by atoms with E-state index in [0.717, 1.165) is 16.7 Å². The summed E-state index contributed by atoms with van der Waals surface area (Å²) in [6, 6.07) is 22.4. The minimum atomic E-state index is -0.472. The predicted molar refractivity (Wildman–Crippen MR) is 119 cm³/mol. The van der Waals surface area contributed by atoms with E-state index in [1.54, 1.807) is 44.2 Å². The summed E-state index contributed by atoms with van der Waals surface area (Å²) in [5, 5.41) is 5.54. The summed E-state index contributed by atoms with van der Waals surface area (Å²) in [4.78, 5) is 24.2. The van der Waals surface area contributed by atoms with Gasteiger partial charge in [-0.15, -0.1) is 0 Å². The number of nitrogens with two attached hydrogens (primary N) is 1. The maximum atomic E-state index is 12.7. The molecule has 0 aliphatic rings. The molecule has 0 saturated heterocycles. The molecule has 0 radical (unpaired) electrons. The highest BCUT2D eigenvalue weighted by Gasteiger charge is 2.10. The van der Waals surface area contributed by atoms with Crippen molar-refractivity contribution >= 4 is 23.4 Å². The van der Waals surface area contributed by atoms with E-state index in [1.165, 1.54) is 0 Å². The predicted octanol–water partition coefficient (Wildman–Crippen LogP) is 4.82. The van der Waals surface area contributed by atoms with Gasteiger partial charge >= 0.3 is 6.09 Å². The van der Waals surface area contributed by atoms with Crippen LogP contribution in [0.5, 0.6) is 0 Å². The van der Waals surface area contributed by atoms with E-state index >= 15 is 0 Å². The van der Waals surface area contributed by atoms with E-state index in [9.17, 15) is 9.59 Å². The zero-order valence-corrected chi connectivity index (χ0v) is 17.0. The van der Waals surface area contributed by atoms with Crippen LogP contribution in [0.25, 0.3) is 11.1 Å². The smallest absolute Gasteiger partial charge is 0.407 e. The number of nitrogens with one attached hydrogen (secondary N) is 2. The Morgan fingerprint density at radius 3 is 2.30 bits per heavy atom. The first-order chi connectivity index (χ1) is 14.4. The lowest BCUT2D eigenvalue weighted by molar-refractivity contribution is 0.102. The summed E-state index contributed by atoms with van der Waals surface area (Å²) in [5.41, 5.74) is 10.5. The van der Waals surface area contributed by atoms with Crippen molar-refractivity contribution in [2.24, 2.45) is 0 Å². The maximum absolute atomic E-state index is 12.7. The van der Waals surface area contributed by atoms with Gasteiger partial charge in [-0.25, -0.2) is 4.79 Å². The van der Waals surface area contributed by atoms with Gasteiger partial charge in [0.2, 0.25) is 0 Å². The van der Waals surface area contributed by atoms with Crippen LogP contribution < -0.4 is 16.4 Å². The van der Waals surface area contributed by atoms with E-state index in [4.69, 9.17) is 10.5 Å². The molecule has 30 heavy (non-hydrogen) atoms. The molecule has 0 saturated carbocycles. The van der Waals surface area contributed by atoms with E-state index < -0.39 is 6.09 Å². The van der Waals surface area contributed by atoms with Gasteiger partial charge in [-0.3, -0.25) is 4.79 Å². The van der Waals surface area contributed by atoms with Gasteiger partial charge in [0.05, 0.1) is 17.5 Å². The van der Waals surface area contributed by atoms with Crippen LogP contribution in [0.2, 0.25) is 0 Å². The van der Waals surface area contributed by atoms with Crippen molar-refractivity contribution in [3.63, 3.8) is 0 Å². The van der Waals surface area contributed by atoms with Crippen LogP contribution in [0, 0.1) is 0 Å². The fourth-order valence-electron chi connectivity index (χ4n) is 2.87. The van der Waals surface area contributed by atoms with Gasteiger partial charge < -0.3 is 21.1 Å². The van der Waals surface area contributed by atoms with Crippen LogP contribution in [0.3, 0.4) is 0 Å². The Morgan fingerprint density at radius 1 is 0.933 bits per heavy atom. The largest absolute Gasteiger partial charge is 0.447 e. The summed E-state index contributed by atoms with van der Waals surface area (Å²) in [6.45, 7) is 3.89. The van der Waals surface area contributed by atoms with Crippen LogP contribution in [0.15, 0.2) is 72.8 Å². The molecule has 0 aliphatic heterocycles. The van der Waals surface area contributed by atoms with Gasteiger partial charge in [0, 0.05) is 12.1 Å². The molecular formula is C24H25N3O3. The van der Waals surface area contributed by atoms with Crippen LogP contribution in [0.1, 0.15) is 29.8 Å². The third-order valence-electron chi connectivity index (χ3n) is 4.40. The minimum Gasteiger partial charge on any atom is -0.447 e. The van der Waals surface area contributed by atoms with Crippen molar-refractivity contribution in [3.05, 3.63) is 83.9 Å². The summed E-state index contributed by atoms with van der Waals surface area (Å²) < 4.78 is 5.03. The first-order valence-corrected chi connectivity index (χ1v) is 9.72. The molecule has 0 aliphatic carbocycles. The first-order valence-electron chi connectivity index (χ1n) is 9.72. The molecule has 3 aromatic carbocycles. The monoisotopic (exact) mass is 403 g/mol. The van der Waals surface area contributed by atoms with Gasteiger partial charge in [0.25, 0.3) is 5.91 Å². The number of nitrogen functional groups attached to an aromatic ring is 1. The average molecular weight is 403 g/mol. The standard InChI is InChI=1S/C24H25N3O3/c1-16(2)30-24(29)26-15-17-8-10-19(11-9-17)23(28)27-22-14-20(12-13-21(22)25)18-6-4-3-5-7-18/h3-14,16H,15,25H2,1-2H3,(H,26,29)(H,27,28). The van der Waals surface area contributed by atoms with Gasteiger partial charge in [-0.1, -0.05) is 48.5 Å². The summed E-state index contributed by atoms with van der Waals surface area (Å²) in [5.74, 6) is -0.259. The van der Waals surface area contributed by atoms with Gasteiger partial charge in [-0.05, 0) is 54.8 Å². The van der Waals surface area contributed by atoms with E-state index in [-0.39, 0.29) is 12.0 Å². The van der Waals surface area contributed by atoms with Crippen LogP contribution in [0.4, 0.5) is 16.2 Å². The number of hydrogen-bond donors (Lipinski definition) is 3. The van der Waals surface area contributed by atoms with Crippen LogP contribution in [-0.2, 0) is 11.3 Å². The Bertz CT molecular complexity index is 1020. The molecule has 4 N–H and O–H groups in total. The fraction of sp³-hybridized carbons (Fsp3) is 0.167. The molecule has 0 heterocycles. The quantitative estimate of drug-likeness (QED) is 0.514. The zero-order chi connectivity index (χ0) is 21.5. The van der Waals surface area contributed by atoms with E-state index in [2.05, 4.69) is 10.6 Å². The molecule has 3 aromatic rings. The SMILES string of the molecule is CC(C)OC(=O)NCc1ccc(C(=O)Nc2cc(-c3ccccc3)ccc2N)cc1. The zero-order valence-electron chi connectivity index (χ0n) is 17.0. The van der Waals surface area contributed by atoms with Crippen molar-refractivity contribution in [1.82, 2.24) is 5.32 Å².